The molecule has 0 aromatic heterocycles. The van der Waals surface area contributed by atoms with Crippen LogP contribution in [-0.2, 0) is 11.3 Å². The van der Waals surface area contributed by atoms with Crippen LogP contribution in [0.1, 0.15) is 32.3 Å². The zero-order chi connectivity index (χ0) is 35.0. The molecule has 0 aliphatic carbocycles. The fourth-order valence-electron chi connectivity index (χ4n) is 6.01. The highest BCUT2D eigenvalue weighted by Crippen LogP contribution is 2.45. The number of hydrogen-bond donors (Lipinski definition) is 2. The lowest BCUT2D eigenvalue weighted by Crippen LogP contribution is -2.52. The van der Waals surface area contributed by atoms with Gasteiger partial charge in [0.25, 0.3) is 5.91 Å². The first-order chi connectivity index (χ1) is 22.9. The molecule has 0 saturated heterocycles. The third-order valence-corrected chi connectivity index (χ3v) is 8.46. The first-order valence-electron chi connectivity index (χ1n) is 16.4. The maximum Gasteiger partial charge on any atom is 0.415 e. The molecule has 0 spiro atoms. The number of para-hydroxylation sites is 2. The van der Waals surface area contributed by atoms with Crippen molar-refractivity contribution in [1.29, 1.82) is 0 Å². The van der Waals surface area contributed by atoms with E-state index < -0.39 is 5.54 Å². The summed E-state index contributed by atoms with van der Waals surface area (Å²) in [5, 5.41) is 6.94. The van der Waals surface area contributed by atoms with Crippen molar-refractivity contribution < 1.29 is 23.8 Å². The molecule has 1 heterocycles. The average molecular weight is 661 g/mol. The van der Waals surface area contributed by atoms with Crippen molar-refractivity contribution in [3.63, 3.8) is 0 Å². The molecule has 3 aromatic rings. The van der Waals surface area contributed by atoms with E-state index >= 15 is 0 Å². The van der Waals surface area contributed by atoms with Crippen LogP contribution in [0, 0.1) is 0 Å². The van der Waals surface area contributed by atoms with Crippen molar-refractivity contribution in [2.24, 2.45) is 0 Å². The summed E-state index contributed by atoms with van der Waals surface area (Å²) in [5.41, 5.74) is 4.29. The molecule has 3 aromatic carbocycles. The van der Waals surface area contributed by atoms with E-state index in [0.717, 1.165) is 59.7 Å². The Labute approximate surface area is 285 Å². The molecule has 0 unspecified atom stereocenters. The van der Waals surface area contributed by atoms with Gasteiger partial charge in [-0.15, -0.1) is 0 Å². The number of hydrogen-bond acceptors (Lipinski definition) is 9. The van der Waals surface area contributed by atoms with Crippen LogP contribution in [0.3, 0.4) is 0 Å². The number of methoxy groups -OCH3 is 2. The Morgan fingerprint density at radius 1 is 0.854 bits per heavy atom. The molecule has 0 bridgehead atoms. The van der Waals surface area contributed by atoms with E-state index in [0.29, 0.717) is 36.9 Å². The SMILES string of the molecule is COc1ccccc1NCc1c(-c2ccc(OC(=O)N(CCCN(C)C)CCCN(C)C)cc2OC)ccc2c1N(C)C(=O)C(C)(C)N2. The zero-order valence-electron chi connectivity index (χ0n) is 30.0. The summed E-state index contributed by atoms with van der Waals surface area (Å²) in [4.78, 5) is 34.6. The van der Waals surface area contributed by atoms with Crippen LogP contribution in [0.25, 0.3) is 11.1 Å². The fourth-order valence-corrected chi connectivity index (χ4v) is 6.01. The first-order valence-corrected chi connectivity index (χ1v) is 16.4. The van der Waals surface area contributed by atoms with Crippen LogP contribution in [0.4, 0.5) is 21.9 Å². The number of carbonyl (C=O) groups excluding carboxylic acids is 2. The van der Waals surface area contributed by atoms with Crippen LogP contribution in [0.5, 0.6) is 17.2 Å². The van der Waals surface area contributed by atoms with Crippen molar-refractivity contribution in [3.05, 3.63) is 60.2 Å². The lowest BCUT2D eigenvalue weighted by molar-refractivity contribution is -0.121. The van der Waals surface area contributed by atoms with Crippen LogP contribution in [-0.4, -0.2) is 108 Å². The molecule has 1 aliphatic rings. The van der Waals surface area contributed by atoms with E-state index in [4.69, 9.17) is 14.2 Å². The van der Waals surface area contributed by atoms with Gasteiger partial charge in [0.15, 0.2) is 0 Å². The molecular weight excluding hydrogens is 608 g/mol. The maximum absolute atomic E-state index is 13.4. The van der Waals surface area contributed by atoms with Gasteiger partial charge in [-0.2, -0.15) is 0 Å². The second-order valence-corrected chi connectivity index (χ2v) is 13.2. The van der Waals surface area contributed by atoms with Gasteiger partial charge in [0.1, 0.15) is 22.8 Å². The summed E-state index contributed by atoms with van der Waals surface area (Å²) in [6, 6.07) is 17.2. The number of fused-ring (bicyclic) bond motifs is 1. The summed E-state index contributed by atoms with van der Waals surface area (Å²) in [7, 11) is 13.2. The van der Waals surface area contributed by atoms with E-state index in [1.807, 2.05) is 91.6 Å². The van der Waals surface area contributed by atoms with Gasteiger partial charge in [-0.25, -0.2) is 4.79 Å². The number of nitrogens with one attached hydrogen (secondary N) is 2. The second-order valence-electron chi connectivity index (χ2n) is 13.2. The summed E-state index contributed by atoms with van der Waals surface area (Å²) in [6.45, 7) is 7.12. The number of amides is 2. The van der Waals surface area contributed by atoms with Gasteiger partial charge in [-0.05, 0) is 104 Å². The summed E-state index contributed by atoms with van der Waals surface area (Å²) >= 11 is 0. The Morgan fingerprint density at radius 2 is 1.48 bits per heavy atom. The Morgan fingerprint density at radius 3 is 2.10 bits per heavy atom. The Kier molecular flexibility index (Phi) is 12.2. The highest BCUT2D eigenvalue weighted by Gasteiger charge is 2.38. The number of anilines is 3. The van der Waals surface area contributed by atoms with Crippen molar-refractivity contribution >= 4 is 29.1 Å². The largest absolute Gasteiger partial charge is 0.496 e. The molecule has 0 radical (unpaired) electrons. The standard InChI is InChI=1S/C37H52N6O5/c1-37(2)35(44)42(7)34-29(25-38-30-14-10-11-15-32(30)46-8)27(18-19-31(34)39-37)28-17-16-26(24-33(28)47-9)48-36(45)43(22-12-20-40(3)4)23-13-21-41(5)6/h10-11,14-19,24,38-39H,12-13,20-23,25H2,1-9H3. The first kappa shape index (κ1) is 36.4. The van der Waals surface area contributed by atoms with E-state index in [1.165, 1.54) is 0 Å². The highest BCUT2D eigenvalue weighted by molar-refractivity contribution is 6.09. The topological polar surface area (TPSA) is 98.8 Å². The van der Waals surface area contributed by atoms with Crippen molar-refractivity contribution in [2.45, 2.75) is 38.8 Å². The third-order valence-electron chi connectivity index (χ3n) is 8.46. The van der Waals surface area contributed by atoms with E-state index in [2.05, 4.69) is 20.4 Å². The smallest absolute Gasteiger partial charge is 0.415 e. The molecule has 2 amide bonds. The molecule has 0 fully saturated rings. The van der Waals surface area contributed by atoms with Gasteiger partial charge in [0, 0.05) is 43.9 Å². The molecule has 4 rings (SSSR count). The van der Waals surface area contributed by atoms with Crippen LogP contribution < -0.4 is 29.7 Å². The van der Waals surface area contributed by atoms with Gasteiger partial charge in [0.05, 0.1) is 31.3 Å². The number of nitrogens with zero attached hydrogens (tertiary/aromatic N) is 4. The van der Waals surface area contributed by atoms with Crippen LogP contribution in [0.2, 0.25) is 0 Å². The summed E-state index contributed by atoms with van der Waals surface area (Å²) < 4.78 is 17.4. The van der Waals surface area contributed by atoms with Crippen molar-refractivity contribution in [1.82, 2.24) is 14.7 Å². The molecule has 11 nitrogen and oxygen atoms in total. The molecule has 48 heavy (non-hydrogen) atoms. The highest BCUT2D eigenvalue weighted by atomic mass is 16.6. The fraction of sp³-hybridized carbons (Fsp3) is 0.459. The predicted molar refractivity (Wildman–Crippen MR) is 194 cm³/mol. The Bertz CT molecular complexity index is 1560. The molecule has 2 N–H and O–H groups in total. The van der Waals surface area contributed by atoms with Gasteiger partial charge in [0.2, 0.25) is 0 Å². The van der Waals surface area contributed by atoms with E-state index in [1.54, 1.807) is 36.2 Å². The normalized spacial score (nSPS) is 13.6. The van der Waals surface area contributed by atoms with Crippen molar-refractivity contribution in [3.8, 4) is 28.4 Å². The molecule has 1 aliphatic heterocycles. The zero-order valence-corrected chi connectivity index (χ0v) is 30.0. The Balaban J connectivity index is 1.68. The molecule has 0 saturated carbocycles. The predicted octanol–water partition coefficient (Wildman–Crippen LogP) is 5.85. The number of benzene rings is 3. The van der Waals surface area contributed by atoms with E-state index in [9.17, 15) is 9.59 Å². The van der Waals surface area contributed by atoms with Gasteiger partial charge < -0.3 is 44.4 Å². The van der Waals surface area contributed by atoms with Gasteiger partial charge in [-0.3, -0.25) is 4.79 Å². The minimum absolute atomic E-state index is 0.0411. The molecule has 260 valence electrons. The number of rotatable bonds is 15. The maximum atomic E-state index is 13.4. The number of likely N-dealkylation sites (N-methyl/N-ethyl adjacent to an activating group) is 1. The number of carbonyl (C=O) groups is 2. The second kappa shape index (κ2) is 16.1. The molecule has 11 heteroatoms. The Hall–Kier alpha value is -4.48. The van der Waals surface area contributed by atoms with E-state index in [-0.39, 0.29) is 12.0 Å². The minimum Gasteiger partial charge on any atom is -0.496 e. The van der Waals surface area contributed by atoms with Crippen LogP contribution >= 0.6 is 0 Å². The van der Waals surface area contributed by atoms with Gasteiger partial charge >= 0.3 is 6.09 Å². The summed E-state index contributed by atoms with van der Waals surface area (Å²) in [5.74, 6) is 1.62. The lowest BCUT2D eigenvalue weighted by atomic mass is 9.91. The third kappa shape index (κ3) is 8.70. The monoisotopic (exact) mass is 660 g/mol. The molecule has 0 atom stereocenters. The average Bonchev–Trinajstić information content (AvgIpc) is 3.05. The molecular formula is C37H52N6O5. The lowest BCUT2D eigenvalue weighted by Gasteiger charge is -2.40. The quantitative estimate of drug-likeness (QED) is 0.208. The minimum atomic E-state index is -0.757. The van der Waals surface area contributed by atoms with Gasteiger partial charge in [-0.1, -0.05) is 18.2 Å². The van der Waals surface area contributed by atoms with Crippen LogP contribution in [0.15, 0.2) is 54.6 Å². The summed E-state index contributed by atoms with van der Waals surface area (Å²) in [6.07, 6.45) is 1.31. The van der Waals surface area contributed by atoms with Crippen molar-refractivity contribution in [2.75, 3.05) is 91.2 Å². The number of ether oxygens (including phenoxy) is 3.